The molecule has 1 fully saturated rings. The number of carbonyl (C=O) groups is 2. The molecule has 0 saturated heterocycles. The predicted molar refractivity (Wildman–Crippen MR) is 110 cm³/mol. The maximum Gasteiger partial charge on any atom is 0.307 e. The second kappa shape index (κ2) is 8.99. The summed E-state index contributed by atoms with van der Waals surface area (Å²) < 4.78 is 11.1. The fraction of sp³-hybridized carbons (Fsp3) is 0.391. The van der Waals surface area contributed by atoms with E-state index in [9.17, 15) is 14.7 Å². The zero-order chi connectivity index (χ0) is 21.0. The van der Waals surface area contributed by atoms with Gasteiger partial charge in [-0.15, -0.1) is 0 Å². The molecule has 154 valence electrons. The summed E-state index contributed by atoms with van der Waals surface area (Å²) >= 11 is 0. The Morgan fingerprint density at radius 1 is 1.10 bits per heavy atom. The standard InChI is InChI=1S/C23H27NO5/c1-4-24(23(27)16-9-10-16)14-17-7-5-6-8-18(17)19-11-15(13-21(25)26)12-20(28-2)22(19)29-3/h5-8,11-12,16H,4,9-10,13-14H2,1-3H3,(H,25,26). The van der Waals surface area contributed by atoms with E-state index in [0.717, 1.165) is 29.5 Å². The van der Waals surface area contributed by atoms with Gasteiger partial charge in [0.25, 0.3) is 0 Å². The molecule has 1 aliphatic carbocycles. The van der Waals surface area contributed by atoms with E-state index in [0.29, 0.717) is 30.2 Å². The number of ether oxygens (including phenoxy) is 2. The van der Waals surface area contributed by atoms with Gasteiger partial charge in [0.2, 0.25) is 5.91 Å². The Hall–Kier alpha value is -3.02. The molecule has 1 N–H and O–H groups in total. The highest BCUT2D eigenvalue weighted by atomic mass is 16.5. The zero-order valence-corrected chi connectivity index (χ0v) is 17.1. The van der Waals surface area contributed by atoms with Gasteiger partial charge in [-0.1, -0.05) is 24.3 Å². The van der Waals surface area contributed by atoms with Gasteiger partial charge in [0.05, 0.1) is 20.6 Å². The lowest BCUT2D eigenvalue weighted by Crippen LogP contribution is -2.31. The first-order valence-corrected chi connectivity index (χ1v) is 9.82. The van der Waals surface area contributed by atoms with Crippen LogP contribution in [0.3, 0.4) is 0 Å². The van der Waals surface area contributed by atoms with Crippen LogP contribution in [0.15, 0.2) is 36.4 Å². The van der Waals surface area contributed by atoms with Crippen molar-refractivity contribution in [2.24, 2.45) is 5.92 Å². The molecule has 2 aromatic carbocycles. The number of carbonyl (C=O) groups excluding carboxylic acids is 1. The molecule has 0 unspecified atom stereocenters. The lowest BCUT2D eigenvalue weighted by Gasteiger charge is -2.23. The van der Waals surface area contributed by atoms with E-state index in [2.05, 4.69) is 0 Å². The largest absolute Gasteiger partial charge is 0.493 e. The van der Waals surface area contributed by atoms with Crippen molar-refractivity contribution in [1.82, 2.24) is 4.90 Å². The minimum absolute atomic E-state index is 0.114. The molecule has 1 saturated carbocycles. The minimum atomic E-state index is -0.913. The number of hydrogen-bond acceptors (Lipinski definition) is 4. The Morgan fingerprint density at radius 3 is 2.41 bits per heavy atom. The lowest BCUT2D eigenvalue weighted by molar-refractivity contribution is -0.136. The summed E-state index contributed by atoms with van der Waals surface area (Å²) in [6.07, 6.45) is 1.83. The van der Waals surface area contributed by atoms with Gasteiger partial charge >= 0.3 is 5.97 Å². The van der Waals surface area contributed by atoms with Crippen molar-refractivity contribution < 1.29 is 24.2 Å². The van der Waals surface area contributed by atoms with Crippen LogP contribution in [-0.2, 0) is 22.6 Å². The summed E-state index contributed by atoms with van der Waals surface area (Å²) in [5, 5.41) is 9.23. The molecule has 0 radical (unpaired) electrons. The topological polar surface area (TPSA) is 76.1 Å². The van der Waals surface area contributed by atoms with Crippen LogP contribution in [0.5, 0.6) is 11.5 Å². The SMILES string of the molecule is CCN(Cc1ccccc1-c1cc(CC(=O)O)cc(OC)c1OC)C(=O)C1CC1. The Labute approximate surface area is 171 Å². The van der Waals surface area contributed by atoms with Crippen LogP contribution in [0, 0.1) is 5.92 Å². The molecule has 3 rings (SSSR count). The third-order valence-corrected chi connectivity index (χ3v) is 5.18. The number of methoxy groups -OCH3 is 2. The van der Waals surface area contributed by atoms with Gasteiger partial charge < -0.3 is 19.5 Å². The van der Waals surface area contributed by atoms with Crippen molar-refractivity contribution in [2.45, 2.75) is 32.7 Å². The van der Waals surface area contributed by atoms with Crippen molar-refractivity contribution in [2.75, 3.05) is 20.8 Å². The first-order chi connectivity index (χ1) is 14.0. The van der Waals surface area contributed by atoms with Crippen LogP contribution in [0.25, 0.3) is 11.1 Å². The Bertz CT molecular complexity index is 904. The second-order valence-electron chi connectivity index (χ2n) is 7.23. The first kappa shape index (κ1) is 20.7. The molecule has 0 aromatic heterocycles. The van der Waals surface area contributed by atoms with Gasteiger partial charge in [0, 0.05) is 24.6 Å². The average Bonchev–Trinajstić information content (AvgIpc) is 3.56. The number of benzene rings is 2. The van der Waals surface area contributed by atoms with Crippen LogP contribution in [0.2, 0.25) is 0 Å². The summed E-state index contributed by atoms with van der Waals surface area (Å²) in [5.74, 6) is 0.480. The number of carboxylic acids is 1. The predicted octanol–water partition coefficient (Wildman–Crippen LogP) is 3.76. The highest BCUT2D eigenvalue weighted by Gasteiger charge is 2.33. The van der Waals surface area contributed by atoms with Crippen molar-refractivity contribution in [3.8, 4) is 22.6 Å². The first-order valence-electron chi connectivity index (χ1n) is 9.82. The van der Waals surface area contributed by atoms with Crippen LogP contribution in [-0.4, -0.2) is 42.6 Å². The molecule has 29 heavy (non-hydrogen) atoms. The van der Waals surface area contributed by atoms with Gasteiger partial charge in [0.15, 0.2) is 11.5 Å². The molecular weight excluding hydrogens is 370 g/mol. The average molecular weight is 397 g/mol. The minimum Gasteiger partial charge on any atom is -0.493 e. The number of carboxylic acid groups (broad SMARTS) is 1. The summed E-state index contributed by atoms with van der Waals surface area (Å²) in [6.45, 7) is 3.12. The fourth-order valence-electron chi connectivity index (χ4n) is 3.56. The molecule has 0 heterocycles. The molecule has 1 aliphatic rings. The Morgan fingerprint density at radius 2 is 1.83 bits per heavy atom. The molecule has 0 atom stereocenters. The van der Waals surface area contributed by atoms with Gasteiger partial charge in [-0.2, -0.15) is 0 Å². The van der Waals surface area contributed by atoms with E-state index in [1.54, 1.807) is 13.2 Å². The zero-order valence-electron chi connectivity index (χ0n) is 17.1. The molecule has 6 nitrogen and oxygen atoms in total. The van der Waals surface area contributed by atoms with E-state index in [4.69, 9.17) is 9.47 Å². The summed E-state index contributed by atoms with van der Waals surface area (Å²) in [6, 6.07) is 11.3. The highest BCUT2D eigenvalue weighted by molar-refractivity contribution is 5.82. The number of hydrogen-bond donors (Lipinski definition) is 1. The third kappa shape index (κ3) is 4.70. The smallest absolute Gasteiger partial charge is 0.307 e. The van der Waals surface area contributed by atoms with Gasteiger partial charge in [-0.25, -0.2) is 0 Å². The van der Waals surface area contributed by atoms with Crippen molar-refractivity contribution >= 4 is 11.9 Å². The van der Waals surface area contributed by atoms with Crippen molar-refractivity contribution in [1.29, 1.82) is 0 Å². The number of nitrogens with zero attached hydrogens (tertiary/aromatic N) is 1. The van der Waals surface area contributed by atoms with Crippen LogP contribution < -0.4 is 9.47 Å². The summed E-state index contributed by atoms with van der Waals surface area (Å²) in [4.78, 5) is 25.7. The van der Waals surface area contributed by atoms with E-state index in [-0.39, 0.29) is 18.2 Å². The molecular formula is C23H27NO5. The molecule has 6 heteroatoms. The van der Waals surface area contributed by atoms with E-state index < -0.39 is 5.97 Å². The highest BCUT2D eigenvalue weighted by Crippen LogP contribution is 2.41. The monoisotopic (exact) mass is 397 g/mol. The van der Waals surface area contributed by atoms with E-state index in [1.807, 2.05) is 42.2 Å². The number of aliphatic carboxylic acids is 1. The van der Waals surface area contributed by atoms with E-state index >= 15 is 0 Å². The molecule has 0 bridgehead atoms. The van der Waals surface area contributed by atoms with Crippen LogP contribution in [0.4, 0.5) is 0 Å². The summed E-state index contributed by atoms with van der Waals surface area (Å²) in [5.41, 5.74) is 3.27. The van der Waals surface area contributed by atoms with Gasteiger partial charge in [0.1, 0.15) is 0 Å². The molecule has 0 aliphatic heterocycles. The molecule has 2 aromatic rings. The normalized spacial score (nSPS) is 13.1. The molecule has 1 amide bonds. The second-order valence-corrected chi connectivity index (χ2v) is 7.23. The van der Waals surface area contributed by atoms with Crippen LogP contribution in [0.1, 0.15) is 30.9 Å². The van der Waals surface area contributed by atoms with Crippen molar-refractivity contribution in [3.63, 3.8) is 0 Å². The van der Waals surface area contributed by atoms with Gasteiger partial charge in [-0.05, 0) is 48.6 Å². The number of amides is 1. The van der Waals surface area contributed by atoms with Crippen molar-refractivity contribution in [3.05, 3.63) is 47.5 Å². The van der Waals surface area contributed by atoms with Crippen LogP contribution >= 0.6 is 0 Å². The number of rotatable bonds is 9. The molecule has 0 spiro atoms. The fourth-order valence-corrected chi connectivity index (χ4v) is 3.56. The quantitative estimate of drug-likeness (QED) is 0.697. The van der Waals surface area contributed by atoms with E-state index in [1.165, 1.54) is 7.11 Å². The Balaban J connectivity index is 2.05. The maximum atomic E-state index is 12.6. The Kier molecular flexibility index (Phi) is 6.42. The lowest BCUT2D eigenvalue weighted by atomic mass is 9.95. The third-order valence-electron chi connectivity index (χ3n) is 5.18. The maximum absolute atomic E-state index is 12.6. The summed E-state index contributed by atoms with van der Waals surface area (Å²) in [7, 11) is 3.10. The van der Waals surface area contributed by atoms with Gasteiger partial charge in [-0.3, -0.25) is 9.59 Å².